The first-order chi connectivity index (χ1) is 16.3. The summed E-state index contributed by atoms with van der Waals surface area (Å²) in [6, 6.07) is 13.5. The van der Waals surface area contributed by atoms with Gasteiger partial charge in [-0.3, -0.25) is 4.79 Å². The van der Waals surface area contributed by atoms with Crippen LogP contribution in [0.5, 0.6) is 11.5 Å². The normalized spacial score (nSPS) is 11.0. The van der Waals surface area contributed by atoms with Crippen molar-refractivity contribution in [3.8, 4) is 11.5 Å². The van der Waals surface area contributed by atoms with E-state index in [4.69, 9.17) is 9.47 Å². The summed E-state index contributed by atoms with van der Waals surface area (Å²) in [7, 11) is 0. The Morgan fingerprint density at radius 1 is 1.09 bits per heavy atom. The average Bonchev–Trinajstić information content (AvgIpc) is 2.78. The molecular formula is C24H24Br2N4O3S. The van der Waals surface area contributed by atoms with Gasteiger partial charge >= 0.3 is 0 Å². The number of amides is 1. The number of thioether (sulfide) groups is 1. The Bertz CT molecular complexity index is 1150. The van der Waals surface area contributed by atoms with Crippen LogP contribution >= 0.6 is 43.6 Å². The average molecular weight is 608 g/mol. The molecule has 0 atom stereocenters. The molecule has 10 heteroatoms. The monoisotopic (exact) mass is 606 g/mol. The Balaban J connectivity index is 1.61. The summed E-state index contributed by atoms with van der Waals surface area (Å²) < 4.78 is 13.5. The van der Waals surface area contributed by atoms with Crippen molar-refractivity contribution in [3.63, 3.8) is 0 Å². The SMILES string of the molecule is CCOc1cc(/C=N\NC(=O)CSc2nc(C)cc(C)n2)cc(Br)c1OCc1ccc(Br)cc1. The van der Waals surface area contributed by atoms with Gasteiger partial charge in [0.2, 0.25) is 0 Å². The highest BCUT2D eigenvalue weighted by atomic mass is 79.9. The molecule has 0 saturated carbocycles. The van der Waals surface area contributed by atoms with Crippen molar-refractivity contribution >= 4 is 55.7 Å². The van der Waals surface area contributed by atoms with Crippen molar-refractivity contribution < 1.29 is 14.3 Å². The fourth-order valence-corrected chi connectivity index (χ4v) is 4.48. The predicted octanol–water partition coefficient (Wildman–Crippen LogP) is 5.84. The molecule has 0 spiro atoms. The molecule has 0 aliphatic heterocycles. The summed E-state index contributed by atoms with van der Waals surface area (Å²) in [5.41, 5.74) is 6.05. The largest absolute Gasteiger partial charge is 0.490 e. The second kappa shape index (κ2) is 12.9. The number of benzene rings is 2. The molecule has 1 N–H and O–H groups in total. The standard InChI is InChI=1S/C24H24Br2N4O3S/c1-4-32-21-11-18(10-20(26)23(21)33-13-17-5-7-19(25)8-6-17)12-27-30-22(31)14-34-24-28-15(2)9-16(3)29-24/h5-12H,4,13-14H2,1-3H3,(H,30,31)/b27-12-. The lowest BCUT2D eigenvalue weighted by molar-refractivity contribution is -0.118. The van der Waals surface area contributed by atoms with Gasteiger partial charge in [-0.05, 0) is 78.2 Å². The van der Waals surface area contributed by atoms with Crippen molar-refractivity contribution in [1.82, 2.24) is 15.4 Å². The minimum absolute atomic E-state index is 0.164. The van der Waals surface area contributed by atoms with E-state index in [9.17, 15) is 4.79 Å². The van der Waals surface area contributed by atoms with Crippen LogP contribution in [0.4, 0.5) is 0 Å². The maximum atomic E-state index is 12.1. The summed E-state index contributed by atoms with van der Waals surface area (Å²) in [5, 5.41) is 4.63. The van der Waals surface area contributed by atoms with Crippen molar-refractivity contribution in [3.05, 3.63) is 73.9 Å². The minimum atomic E-state index is -0.248. The van der Waals surface area contributed by atoms with E-state index in [1.165, 1.54) is 11.8 Å². The number of aromatic nitrogens is 2. The fraction of sp³-hybridized carbons (Fsp3) is 0.250. The fourth-order valence-electron chi connectivity index (χ4n) is 2.90. The van der Waals surface area contributed by atoms with E-state index in [1.807, 2.05) is 63.2 Å². The third-order valence-electron chi connectivity index (χ3n) is 4.33. The van der Waals surface area contributed by atoms with Crippen molar-refractivity contribution in [2.24, 2.45) is 5.10 Å². The quantitative estimate of drug-likeness (QED) is 0.135. The van der Waals surface area contributed by atoms with Gasteiger partial charge in [0.1, 0.15) is 6.61 Å². The first-order valence-electron chi connectivity index (χ1n) is 10.4. The van der Waals surface area contributed by atoms with Gasteiger partial charge in [-0.1, -0.05) is 39.8 Å². The van der Waals surface area contributed by atoms with Crippen LogP contribution in [0.2, 0.25) is 0 Å². The molecule has 1 amide bonds. The third kappa shape index (κ3) is 8.11. The molecule has 0 bridgehead atoms. The van der Waals surface area contributed by atoms with E-state index in [0.717, 1.165) is 31.5 Å². The highest BCUT2D eigenvalue weighted by Gasteiger charge is 2.12. The zero-order chi connectivity index (χ0) is 24.5. The van der Waals surface area contributed by atoms with Crippen LogP contribution in [0.15, 0.2) is 61.7 Å². The van der Waals surface area contributed by atoms with E-state index >= 15 is 0 Å². The van der Waals surface area contributed by atoms with Crippen LogP contribution in [-0.2, 0) is 11.4 Å². The molecule has 0 aliphatic carbocycles. The number of halogens is 2. The number of nitrogens with one attached hydrogen (secondary N) is 1. The number of ether oxygens (including phenoxy) is 2. The van der Waals surface area contributed by atoms with Crippen LogP contribution in [0, 0.1) is 13.8 Å². The van der Waals surface area contributed by atoms with Crippen molar-refractivity contribution in [2.45, 2.75) is 32.5 Å². The summed E-state index contributed by atoms with van der Waals surface area (Å²) in [4.78, 5) is 20.8. The Hall–Kier alpha value is -2.43. The summed E-state index contributed by atoms with van der Waals surface area (Å²) in [6.45, 7) is 6.58. The predicted molar refractivity (Wildman–Crippen MR) is 142 cm³/mol. The Morgan fingerprint density at radius 2 is 1.79 bits per heavy atom. The van der Waals surface area contributed by atoms with Crippen LogP contribution in [0.3, 0.4) is 0 Å². The number of hydrogen-bond donors (Lipinski definition) is 1. The molecule has 0 fully saturated rings. The number of hydrogen-bond acceptors (Lipinski definition) is 7. The summed E-state index contributed by atoms with van der Waals surface area (Å²) in [5.74, 6) is 1.11. The highest BCUT2D eigenvalue weighted by Crippen LogP contribution is 2.37. The maximum Gasteiger partial charge on any atom is 0.250 e. The van der Waals surface area contributed by atoms with E-state index in [2.05, 4.69) is 52.4 Å². The second-order valence-corrected chi connectivity index (χ2v) is 9.91. The lowest BCUT2D eigenvalue weighted by Crippen LogP contribution is -2.19. The van der Waals surface area contributed by atoms with Crippen LogP contribution in [-0.4, -0.2) is 34.4 Å². The molecular weight excluding hydrogens is 584 g/mol. The molecule has 0 radical (unpaired) electrons. The molecule has 0 unspecified atom stereocenters. The van der Waals surface area contributed by atoms with Crippen molar-refractivity contribution in [1.29, 1.82) is 0 Å². The lowest BCUT2D eigenvalue weighted by atomic mass is 10.2. The zero-order valence-corrected chi connectivity index (χ0v) is 23.0. The molecule has 0 saturated heterocycles. The van der Waals surface area contributed by atoms with Gasteiger partial charge in [0.15, 0.2) is 16.7 Å². The van der Waals surface area contributed by atoms with Crippen LogP contribution in [0.25, 0.3) is 0 Å². The van der Waals surface area contributed by atoms with Gasteiger partial charge in [0.05, 0.1) is 23.0 Å². The number of aryl methyl sites for hydroxylation is 2. The number of nitrogens with zero attached hydrogens (tertiary/aromatic N) is 3. The first kappa shape index (κ1) is 26.2. The Morgan fingerprint density at radius 3 is 2.47 bits per heavy atom. The lowest BCUT2D eigenvalue weighted by Gasteiger charge is -2.14. The van der Waals surface area contributed by atoms with Gasteiger partial charge in [-0.2, -0.15) is 5.10 Å². The summed E-state index contributed by atoms with van der Waals surface area (Å²) >= 11 is 8.26. The van der Waals surface area contributed by atoms with Gasteiger partial charge < -0.3 is 9.47 Å². The van der Waals surface area contributed by atoms with E-state index in [1.54, 1.807) is 6.21 Å². The van der Waals surface area contributed by atoms with E-state index in [0.29, 0.717) is 29.9 Å². The zero-order valence-electron chi connectivity index (χ0n) is 19.0. The molecule has 34 heavy (non-hydrogen) atoms. The molecule has 3 aromatic rings. The minimum Gasteiger partial charge on any atom is -0.490 e. The topological polar surface area (TPSA) is 85.7 Å². The van der Waals surface area contributed by atoms with Crippen LogP contribution < -0.4 is 14.9 Å². The van der Waals surface area contributed by atoms with Gasteiger partial charge in [0, 0.05) is 15.9 Å². The summed E-state index contributed by atoms with van der Waals surface area (Å²) in [6.07, 6.45) is 1.56. The van der Waals surface area contributed by atoms with E-state index in [-0.39, 0.29) is 11.7 Å². The van der Waals surface area contributed by atoms with Crippen molar-refractivity contribution in [2.75, 3.05) is 12.4 Å². The van der Waals surface area contributed by atoms with Gasteiger partial charge in [-0.25, -0.2) is 15.4 Å². The van der Waals surface area contributed by atoms with Gasteiger partial charge in [0.25, 0.3) is 5.91 Å². The second-order valence-electron chi connectivity index (χ2n) is 7.19. The molecule has 1 heterocycles. The first-order valence-corrected chi connectivity index (χ1v) is 13.0. The van der Waals surface area contributed by atoms with Gasteiger partial charge in [-0.15, -0.1) is 0 Å². The number of carbonyl (C=O) groups excluding carboxylic acids is 1. The maximum absolute atomic E-state index is 12.1. The third-order valence-corrected chi connectivity index (χ3v) is 6.29. The smallest absolute Gasteiger partial charge is 0.250 e. The number of rotatable bonds is 10. The number of hydrazone groups is 1. The molecule has 2 aromatic carbocycles. The Kier molecular flexibility index (Phi) is 9.91. The molecule has 0 aliphatic rings. The Labute approximate surface area is 220 Å². The molecule has 3 rings (SSSR count). The number of carbonyl (C=O) groups is 1. The highest BCUT2D eigenvalue weighted by molar-refractivity contribution is 9.10. The van der Waals surface area contributed by atoms with Crippen LogP contribution in [0.1, 0.15) is 29.4 Å². The molecule has 178 valence electrons. The van der Waals surface area contributed by atoms with E-state index < -0.39 is 0 Å². The molecule has 7 nitrogen and oxygen atoms in total. The molecule has 1 aromatic heterocycles.